The summed E-state index contributed by atoms with van der Waals surface area (Å²) >= 11 is 1.43. The van der Waals surface area contributed by atoms with E-state index in [-0.39, 0.29) is 18.9 Å². The van der Waals surface area contributed by atoms with Gasteiger partial charge in [-0.3, -0.25) is 4.79 Å². The number of aliphatic hydroxyl groups is 1. The summed E-state index contributed by atoms with van der Waals surface area (Å²) in [5, 5.41) is 13.1. The molecular weight excluding hydrogens is 322 g/mol. The second kappa shape index (κ2) is 8.59. The SMILES string of the molecule is O=C(CCSc1ccccn1)NCC(O)c1c(F)cccc1F. The van der Waals surface area contributed by atoms with Crippen LogP contribution in [0.2, 0.25) is 0 Å². The molecule has 122 valence electrons. The van der Waals surface area contributed by atoms with Gasteiger partial charge in [-0.1, -0.05) is 12.1 Å². The molecule has 1 aromatic heterocycles. The van der Waals surface area contributed by atoms with E-state index < -0.39 is 23.3 Å². The van der Waals surface area contributed by atoms with Crippen LogP contribution in [-0.4, -0.2) is 28.3 Å². The number of hydrogen-bond donors (Lipinski definition) is 2. The lowest BCUT2D eigenvalue weighted by molar-refractivity contribution is -0.121. The Morgan fingerprint density at radius 3 is 2.61 bits per heavy atom. The lowest BCUT2D eigenvalue weighted by Crippen LogP contribution is -2.29. The van der Waals surface area contributed by atoms with Gasteiger partial charge in [0.05, 0.1) is 10.6 Å². The van der Waals surface area contributed by atoms with Crippen molar-refractivity contribution < 1.29 is 18.7 Å². The van der Waals surface area contributed by atoms with Crippen molar-refractivity contribution >= 4 is 17.7 Å². The molecule has 1 aromatic carbocycles. The number of nitrogens with zero attached hydrogens (tertiary/aromatic N) is 1. The number of aromatic nitrogens is 1. The van der Waals surface area contributed by atoms with Gasteiger partial charge >= 0.3 is 0 Å². The van der Waals surface area contributed by atoms with Crippen LogP contribution >= 0.6 is 11.8 Å². The van der Waals surface area contributed by atoms with Crippen LogP contribution in [0.25, 0.3) is 0 Å². The van der Waals surface area contributed by atoms with Crippen LogP contribution in [0.5, 0.6) is 0 Å². The minimum absolute atomic E-state index is 0.216. The molecule has 0 saturated heterocycles. The van der Waals surface area contributed by atoms with E-state index in [0.717, 1.165) is 17.2 Å². The molecule has 7 heteroatoms. The smallest absolute Gasteiger partial charge is 0.220 e. The molecule has 2 aromatic rings. The first kappa shape index (κ1) is 17.4. The van der Waals surface area contributed by atoms with Crippen molar-refractivity contribution in [1.29, 1.82) is 0 Å². The first-order valence-electron chi connectivity index (χ1n) is 7.00. The van der Waals surface area contributed by atoms with Crippen LogP contribution in [0.15, 0.2) is 47.6 Å². The number of amides is 1. The fourth-order valence-corrected chi connectivity index (χ4v) is 2.72. The van der Waals surface area contributed by atoms with Gasteiger partial charge in [-0.25, -0.2) is 13.8 Å². The van der Waals surface area contributed by atoms with Gasteiger partial charge in [0.25, 0.3) is 0 Å². The number of hydrogen-bond acceptors (Lipinski definition) is 4. The summed E-state index contributed by atoms with van der Waals surface area (Å²) in [7, 11) is 0. The quantitative estimate of drug-likeness (QED) is 0.762. The van der Waals surface area contributed by atoms with E-state index in [9.17, 15) is 18.7 Å². The summed E-state index contributed by atoms with van der Waals surface area (Å²) in [6.07, 6.45) is 0.457. The largest absolute Gasteiger partial charge is 0.386 e. The number of rotatable bonds is 7. The van der Waals surface area contributed by atoms with E-state index in [4.69, 9.17) is 0 Å². The zero-order chi connectivity index (χ0) is 16.7. The summed E-state index contributed by atoms with van der Waals surface area (Å²) in [6, 6.07) is 8.84. The summed E-state index contributed by atoms with van der Waals surface area (Å²) in [6.45, 7) is -0.245. The van der Waals surface area contributed by atoms with Crippen molar-refractivity contribution in [3.63, 3.8) is 0 Å². The van der Waals surface area contributed by atoms with Gasteiger partial charge in [0.2, 0.25) is 5.91 Å². The van der Waals surface area contributed by atoms with Gasteiger partial charge in [0, 0.05) is 24.9 Å². The molecule has 0 fully saturated rings. The van der Waals surface area contributed by atoms with Gasteiger partial charge in [0.1, 0.15) is 17.7 Å². The Morgan fingerprint density at radius 1 is 1.22 bits per heavy atom. The van der Waals surface area contributed by atoms with Crippen molar-refractivity contribution in [2.24, 2.45) is 0 Å². The molecular formula is C16H16F2N2O2S. The van der Waals surface area contributed by atoms with Gasteiger partial charge in [0.15, 0.2) is 0 Å². The van der Waals surface area contributed by atoms with E-state index >= 15 is 0 Å². The Bertz CT molecular complexity index is 636. The number of thioether (sulfide) groups is 1. The maximum Gasteiger partial charge on any atom is 0.220 e. The minimum Gasteiger partial charge on any atom is -0.386 e. The van der Waals surface area contributed by atoms with Gasteiger partial charge in [-0.2, -0.15) is 0 Å². The van der Waals surface area contributed by atoms with E-state index in [1.54, 1.807) is 12.3 Å². The molecule has 4 nitrogen and oxygen atoms in total. The molecule has 0 aliphatic rings. The molecule has 2 rings (SSSR count). The second-order valence-corrected chi connectivity index (χ2v) is 5.84. The Morgan fingerprint density at radius 2 is 1.96 bits per heavy atom. The van der Waals surface area contributed by atoms with Crippen LogP contribution in [-0.2, 0) is 4.79 Å². The summed E-state index contributed by atoms with van der Waals surface area (Å²) < 4.78 is 27.0. The molecule has 0 saturated carbocycles. The maximum absolute atomic E-state index is 13.5. The van der Waals surface area contributed by atoms with Crippen molar-refractivity contribution in [2.45, 2.75) is 17.6 Å². The van der Waals surface area contributed by atoms with Crippen LogP contribution in [0.4, 0.5) is 8.78 Å². The third-order valence-corrected chi connectivity index (χ3v) is 3.99. The molecule has 0 bridgehead atoms. The topological polar surface area (TPSA) is 62.2 Å². The number of nitrogens with one attached hydrogen (secondary N) is 1. The minimum atomic E-state index is -1.43. The Kier molecular flexibility index (Phi) is 6.49. The Labute approximate surface area is 136 Å². The number of aliphatic hydroxyl groups excluding tert-OH is 1. The first-order valence-corrected chi connectivity index (χ1v) is 7.99. The van der Waals surface area contributed by atoms with E-state index in [1.165, 1.54) is 17.8 Å². The standard InChI is InChI=1S/C16H16F2N2O2S/c17-11-4-3-5-12(18)16(11)13(21)10-20-14(22)7-9-23-15-6-1-2-8-19-15/h1-6,8,13,21H,7,9-10H2,(H,20,22). The zero-order valence-electron chi connectivity index (χ0n) is 12.2. The van der Waals surface area contributed by atoms with Gasteiger partial charge < -0.3 is 10.4 Å². The lowest BCUT2D eigenvalue weighted by Gasteiger charge is -2.13. The van der Waals surface area contributed by atoms with Crippen LogP contribution < -0.4 is 5.32 Å². The maximum atomic E-state index is 13.5. The van der Waals surface area contributed by atoms with E-state index in [1.807, 2.05) is 12.1 Å². The molecule has 0 radical (unpaired) electrons. The highest BCUT2D eigenvalue weighted by atomic mass is 32.2. The molecule has 1 unspecified atom stereocenters. The van der Waals surface area contributed by atoms with E-state index in [0.29, 0.717) is 5.75 Å². The molecule has 2 N–H and O–H groups in total. The second-order valence-electron chi connectivity index (χ2n) is 4.72. The predicted octanol–water partition coefficient (Wildman–Crippen LogP) is 2.69. The fraction of sp³-hybridized carbons (Fsp3) is 0.250. The summed E-state index contributed by atoms with van der Waals surface area (Å²) in [5.74, 6) is -1.45. The van der Waals surface area contributed by atoms with Crippen LogP contribution in [0.3, 0.4) is 0 Å². The van der Waals surface area contributed by atoms with Gasteiger partial charge in [-0.05, 0) is 24.3 Å². The van der Waals surface area contributed by atoms with E-state index in [2.05, 4.69) is 10.3 Å². The monoisotopic (exact) mass is 338 g/mol. The van der Waals surface area contributed by atoms with Gasteiger partial charge in [-0.15, -0.1) is 11.8 Å². The van der Waals surface area contributed by atoms with Crippen molar-refractivity contribution in [3.05, 3.63) is 59.8 Å². The third kappa shape index (κ3) is 5.30. The van der Waals surface area contributed by atoms with Crippen LogP contribution in [0.1, 0.15) is 18.1 Å². The summed E-state index contributed by atoms with van der Waals surface area (Å²) in [5.41, 5.74) is -0.435. The van der Waals surface area contributed by atoms with Crippen LogP contribution in [0, 0.1) is 11.6 Å². The Hall–Kier alpha value is -1.99. The number of benzene rings is 1. The average Bonchev–Trinajstić information content (AvgIpc) is 2.54. The molecule has 0 aliphatic carbocycles. The molecule has 0 aliphatic heterocycles. The average molecular weight is 338 g/mol. The molecule has 1 amide bonds. The first-order chi connectivity index (χ1) is 11.1. The van der Waals surface area contributed by atoms with Crippen molar-refractivity contribution in [3.8, 4) is 0 Å². The highest BCUT2D eigenvalue weighted by molar-refractivity contribution is 7.99. The number of halogens is 2. The van der Waals surface area contributed by atoms with Crippen molar-refractivity contribution in [2.75, 3.05) is 12.3 Å². The third-order valence-electron chi connectivity index (χ3n) is 3.04. The number of carbonyl (C=O) groups is 1. The summed E-state index contributed by atoms with van der Waals surface area (Å²) in [4.78, 5) is 15.8. The van der Waals surface area contributed by atoms with Crippen molar-refractivity contribution in [1.82, 2.24) is 10.3 Å². The lowest BCUT2D eigenvalue weighted by atomic mass is 10.1. The Balaban J connectivity index is 1.76. The zero-order valence-corrected chi connectivity index (χ0v) is 13.0. The molecule has 23 heavy (non-hydrogen) atoms. The highest BCUT2D eigenvalue weighted by Crippen LogP contribution is 2.20. The number of pyridine rings is 1. The predicted molar refractivity (Wildman–Crippen MR) is 83.9 cm³/mol. The molecule has 1 heterocycles. The fourth-order valence-electron chi connectivity index (χ4n) is 1.91. The molecule has 1 atom stereocenters. The number of carbonyl (C=O) groups excluding carboxylic acids is 1. The molecule has 0 spiro atoms. The normalized spacial score (nSPS) is 12.0. The highest BCUT2D eigenvalue weighted by Gasteiger charge is 2.18.